The van der Waals surface area contributed by atoms with Gasteiger partial charge in [-0.05, 0) is 31.4 Å². The summed E-state index contributed by atoms with van der Waals surface area (Å²) in [5, 5.41) is 6.87. The van der Waals surface area contributed by atoms with Crippen molar-refractivity contribution in [2.45, 2.75) is 39.8 Å². The summed E-state index contributed by atoms with van der Waals surface area (Å²) in [4.78, 5) is 11.8. The molecule has 1 saturated heterocycles. The van der Waals surface area contributed by atoms with Crippen LogP contribution in [0.4, 0.5) is 0 Å². The molecule has 1 aromatic carbocycles. The summed E-state index contributed by atoms with van der Waals surface area (Å²) >= 11 is 0. The molecule has 0 bridgehead atoms. The number of benzene rings is 1. The van der Waals surface area contributed by atoms with Crippen LogP contribution in [-0.4, -0.2) is 61.3 Å². The van der Waals surface area contributed by atoms with Crippen molar-refractivity contribution in [3.8, 4) is 11.5 Å². The molecule has 2 aromatic rings. The van der Waals surface area contributed by atoms with Gasteiger partial charge in [-0.1, -0.05) is 32.0 Å². The first-order valence-electron chi connectivity index (χ1n) is 11.0. The van der Waals surface area contributed by atoms with E-state index in [1.165, 1.54) is 0 Å². The monoisotopic (exact) mass is 541 g/mol. The van der Waals surface area contributed by atoms with Crippen LogP contribution < -0.4 is 10.6 Å². The van der Waals surface area contributed by atoms with Crippen LogP contribution in [0.25, 0.3) is 11.5 Å². The van der Waals surface area contributed by atoms with E-state index in [1.54, 1.807) is 6.26 Å². The SMILES string of the molecule is CCNC(=NCc1coc(-c2ccccc2)n1)NCC(CC(C)C)N1CCOCC1.I. The van der Waals surface area contributed by atoms with Crippen molar-refractivity contribution in [2.24, 2.45) is 10.9 Å². The van der Waals surface area contributed by atoms with Gasteiger partial charge in [-0.25, -0.2) is 9.98 Å². The quantitative estimate of drug-likeness (QED) is 0.286. The van der Waals surface area contributed by atoms with Gasteiger partial charge in [-0.3, -0.25) is 4.90 Å². The van der Waals surface area contributed by atoms with Crippen LogP contribution >= 0.6 is 24.0 Å². The third-order valence-corrected chi connectivity index (χ3v) is 5.13. The molecule has 2 N–H and O–H groups in total. The fourth-order valence-electron chi connectivity index (χ4n) is 3.66. The normalized spacial score (nSPS) is 16.1. The van der Waals surface area contributed by atoms with E-state index in [0.717, 1.165) is 63.0 Å². The number of hydrogen-bond donors (Lipinski definition) is 2. The molecule has 31 heavy (non-hydrogen) atoms. The maximum Gasteiger partial charge on any atom is 0.226 e. The number of oxazole rings is 1. The summed E-state index contributed by atoms with van der Waals surface area (Å²) in [6, 6.07) is 10.4. The number of halogens is 1. The lowest BCUT2D eigenvalue weighted by molar-refractivity contribution is 0.0132. The van der Waals surface area contributed by atoms with Crippen LogP contribution in [-0.2, 0) is 11.3 Å². The van der Waals surface area contributed by atoms with Crippen molar-refractivity contribution in [3.63, 3.8) is 0 Å². The molecule has 3 rings (SSSR count). The van der Waals surface area contributed by atoms with Gasteiger partial charge in [0, 0.05) is 37.8 Å². The predicted octanol–water partition coefficient (Wildman–Crippen LogP) is 3.76. The molecule has 1 fully saturated rings. The van der Waals surface area contributed by atoms with Crippen molar-refractivity contribution >= 4 is 29.9 Å². The minimum atomic E-state index is 0. The number of guanidine groups is 1. The van der Waals surface area contributed by atoms with Crippen molar-refractivity contribution in [3.05, 3.63) is 42.3 Å². The van der Waals surface area contributed by atoms with Crippen LogP contribution in [0, 0.1) is 5.92 Å². The highest BCUT2D eigenvalue weighted by Gasteiger charge is 2.22. The van der Waals surface area contributed by atoms with Gasteiger partial charge in [0.25, 0.3) is 0 Å². The number of rotatable bonds is 9. The van der Waals surface area contributed by atoms with E-state index in [1.807, 2.05) is 30.3 Å². The average Bonchev–Trinajstić information content (AvgIpc) is 3.25. The fourth-order valence-corrected chi connectivity index (χ4v) is 3.66. The van der Waals surface area contributed by atoms with Crippen LogP contribution in [0.5, 0.6) is 0 Å². The van der Waals surface area contributed by atoms with Gasteiger partial charge in [0.05, 0.1) is 19.8 Å². The van der Waals surface area contributed by atoms with Gasteiger partial charge >= 0.3 is 0 Å². The average molecular weight is 541 g/mol. The maximum atomic E-state index is 5.62. The number of morpholine rings is 1. The topological polar surface area (TPSA) is 74.9 Å². The molecule has 1 aromatic heterocycles. The van der Waals surface area contributed by atoms with E-state index >= 15 is 0 Å². The van der Waals surface area contributed by atoms with Gasteiger partial charge in [-0.2, -0.15) is 0 Å². The minimum Gasteiger partial charge on any atom is -0.444 e. The number of ether oxygens (including phenoxy) is 1. The number of aromatic nitrogens is 1. The number of nitrogens with zero attached hydrogens (tertiary/aromatic N) is 3. The first-order chi connectivity index (χ1) is 14.7. The van der Waals surface area contributed by atoms with E-state index in [4.69, 9.17) is 14.1 Å². The number of hydrogen-bond acceptors (Lipinski definition) is 5. The molecule has 0 aliphatic carbocycles. The second-order valence-corrected chi connectivity index (χ2v) is 8.02. The Kier molecular flexibility index (Phi) is 11.3. The van der Waals surface area contributed by atoms with E-state index in [0.29, 0.717) is 24.4 Å². The van der Waals surface area contributed by atoms with Gasteiger partial charge in [0.1, 0.15) is 12.0 Å². The predicted molar refractivity (Wildman–Crippen MR) is 136 cm³/mol. The lowest BCUT2D eigenvalue weighted by atomic mass is 10.0. The Morgan fingerprint density at radius 1 is 1.16 bits per heavy atom. The van der Waals surface area contributed by atoms with Gasteiger partial charge in [-0.15, -0.1) is 24.0 Å². The highest BCUT2D eigenvalue weighted by atomic mass is 127. The Hall–Kier alpha value is -1.65. The Bertz CT molecular complexity index is 775. The standard InChI is InChI=1S/C23H35N5O2.HI/c1-4-24-23(26-16-21(14-18(2)3)28-10-12-29-13-11-28)25-15-20-17-30-22(27-20)19-8-6-5-7-9-19;/h5-9,17-18,21H,4,10-16H2,1-3H3,(H2,24,25,26);1H. The first-order valence-corrected chi connectivity index (χ1v) is 11.0. The number of nitrogens with one attached hydrogen (secondary N) is 2. The molecular formula is C23H36IN5O2. The lowest BCUT2D eigenvalue weighted by Gasteiger charge is -2.35. The van der Waals surface area contributed by atoms with E-state index in [9.17, 15) is 0 Å². The van der Waals surface area contributed by atoms with Gasteiger partial charge in [0.2, 0.25) is 5.89 Å². The molecular weight excluding hydrogens is 505 g/mol. The smallest absolute Gasteiger partial charge is 0.226 e. The van der Waals surface area contributed by atoms with E-state index in [-0.39, 0.29) is 24.0 Å². The molecule has 1 unspecified atom stereocenters. The molecule has 1 atom stereocenters. The van der Waals surface area contributed by atoms with Gasteiger partial charge in [0.15, 0.2) is 5.96 Å². The second-order valence-electron chi connectivity index (χ2n) is 8.02. The zero-order valence-electron chi connectivity index (χ0n) is 18.8. The van der Waals surface area contributed by atoms with Crippen LogP contribution in [0.1, 0.15) is 32.9 Å². The molecule has 0 spiro atoms. The summed E-state index contributed by atoms with van der Waals surface area (Å²) in [7, 11) is 0. The zero-order valence-corrected chi connectivity index (χ0v) is 21.2. The number of aliphatic imine (C=N–C) groups is 1. The van der Waals surface area contributed by atoms with Crippen molar-refractivity contribution < 1.29 is 9.15 Å². The molecule has 1 aliphatic heterocycles. The van der Waals surface area contributed by atoms with Crippen LogP contribution in [0.3, 0.4) is 0 Å². The summed E-state index contributed by atoms with van der Waals surface area (Å²) < 4.78 is 11.2. The highest BCUT2D eigenvalue weighted by Crippen LogP contribution is 2.18. The summed E-state index contributed by atoms with van der Waals surface area (Å²) in [5.74, 6) is 2.08. The third kappa shape index (κ3) is 8.42. The molecule has 172 valence electrons. The molecule has 7 nitrogen and oxygen atoms in total. The van der Waals surface area contributed by atoms with Crippen LogP contribution in [0.2, 0.25) is 0 Å². The Balaban J connectivity index is 0.00000341. The summed E-state index contributed by atoms with van der Waals surface area (Å²) in [6.45, 7) is 12.4. The fraction of sp³-hybridized carbons (Fsp3) is 0.565. The molecule has 0 saturated carbocycles. The van der Waals surface area contributed by atoms with Gasteiger partial charge < -0.3 is 19.8 Å². The molecule has 2 heterocycles. The molecule has 1 aliphatic rings. The third-order valence-electron chi connectivity index (χ3n) is 5.13. The van der Waals surface area contributed by atoms with Crippen molar-refractivity contribution in [1.29, 1.82) is 0 Å². The largest absolute Gasteiger partial charge is 0.444 e. The molecule has 0 radical (unpaired) electrons. The molecule has 0 amide bonds. The zero-order chi connectivity index (χ0) is 21.2. The summed E-state index contributed by atoms with van der Waals surface area (Å²) in [6.07, 6.45) is 2.83. The van der Waals surface area contributed by atoms with Crippen LogP contribution in [0.15, 0.2) is 46.0 Å². The maximum absolute atomic E-state index is 5.62. The Labute approximate surface area is 203 Å². The first kappa shape index (κ1) is 25.6. The van der Waals surface area contributed by atoms with E-state index < -0.39 is 0 Å². The second kappa shape index (κ2) is 13.7. The highest BCUT2D eigenvalue weighted by molar-refractivity contribution is 14.0. The van der Waals surface area contributed by atoms with Crippen molar-refractivity contribution in [1.82, 2.24) is 20.5 Å². The lowest BCUT2D eigenvalue weighted by Crippen LogP contribution is -2.51. The Morgan fingerprint density at radius 2 is 1.90 bits per heavy atom. The Morgan fingerprint density at radius 3 is 2.58 bits per heavy atom. The molecule has 8 heteroatoms. The minimum absolute atomic E-state index is 0. The van der Waals surface area contributed by atoms with Crippen molar-refractivity contribution in [2.75, 3.05) is 39.4 Å². The summed E-state index contributed by atoms with van der Waals surface area (Å²) in [5.41, 5.74) is 1.79. The van der Waals surface area contributed by atoms with E-state index in [2.05, 4.69) is 41.3 Å².